The molecule has 1 aromatic rings. The van der Waals surface area contributed by atoms with Gasteiger partial charge in [0.15, 0.2) is 0 Å². The average molecular weight is 269 g/mol. The Labute approximate surface area is 112 Å². The molecule has 0 saturated heterocycles. The van der Waals surface area contributed by atoms with Gasteiger partial charge in [-0.2, -0.15) is 0 Å². The van der Waals surface area contributed by atoms with Crippen LogP contribution in [0.2, 0.25) is 0 Å². The number of halogens is 1. The maximum atomic E-state index is 12.8. The van der Waals surface area contributed by atoms with E-state index in [0.717, 1.165) is 5.56 Å². The molecule has 1 aliphatic carbocycles. The highest BCUT2D eigenvalue weighted by Crippen LogP contribution is 2.27. The number of hydrogen-bond donors (Lipinski definition) is 3. The first-order valence-electron chi connectivity index (χ1n) is 6.44. The van der Waals surface area contributed by atoms with E-state index < -0.39 is 12.2 Å². The SMILES string of the molecule is COCC1CC(NCc2ccc(F)cc2)C(O)C1O. The molecule has 5 heteroatoms. The maximum absolute atomic E-state index is 12.8. The Morgan fingerprint density at radius 3 is 2.58 bits per heavy atom. The summed E-state index contributed by atoms with van der Waals surface area (Å²) in [5.41, 5.74) is 0.943. The highest BCUT2D eigenvalue weighted by molar-refractivity contribution is 5.16. The van der Waals surface area contributed by atoms with Gasteiger partial charge in [-0.25, -0.2) is 4.39 Å². The van der Waals surface area contributed by atoms with Crippen LogP contribution in [0.5, 0.6) is 0 Å². The molecule has 19 heavy (non-hydrogen) atoms. The first kappa shape index (κ1) is 14.4. The maximum Gasteiger partial charge on any atom is 0.123 e. The van der Waals surface area contributed by atoms with Gasteiger partial charge in [-0.05, 0) is 24.1 Å². The van der Waals surface area contributed by atoms with Gasteiger partial charge in [0.05, 0.1) is 18.8 Å². The van der Waals surface area contributed by atoms with E-state index in [1.54, 1.807) is 19.2 Å². The topological polar surface area (TPSA) is 61.7 Å². The first-order valence-corrected chi connectivity index (χ1v) is 6.44. The number of benzene rings is 1. The number of hydrogen-bond acceptors (Lipinski definition) is 4. The number of nitrogens with one attached hydrogen (secondary N) is 1. The van der Waals surface area contributed by atoms with Gasteiger partial charge in [0, 0.05) is 25.6 Å². The fraction of sp³-hybridized carbons (Fsp3) is 0.571. The lowest BCUT2D eigenvalue weighted by Gasteiger charge is -2.18. The molecular weight excluding hydrogens is 249 g/mol. The zero-order valence-electron chi connectivity index (χ0n) is 10.9. The molecule has 1 saturated carbocycles. The quantitative estimate of drug-likeness (QED) is 0.735. The van der Waals surface area contributed by atoms with Crippen molar-refractivity contribution in [1.82, 2.24) is 5.32 Å². The number of aliphatic hydroxyl groups excluding tert-OH is 2. The number of ether oxygens (including phenoxy) is 1. The number of methoxy groups -OCH3 is 1. The highest BCUT2D eigenvalue weighted by Gasteiger charge is 2.40. The average Bonchev–Trinajstić information content (AvgIpc) is 2.67. The Morgan fingerprint density at radius 2 is 1.95 bits per heavy atom. The molecule has 1 aromatic carbocycles. The van der Waals surface area contributed by atoms with E-state index in [1.807, 2.05) is 0 Å². The second-order valence-electron chi connectivity index (χ2n) is 5.05. The molecule has 4 atom stereocenters. The minimum absolute atomic E-state index is 0.0503. The van der Waals surface area contributed by atoms with Crippen molar-refractivity contribution in [2.24, 2.45) is 5.92 Å². The molecule has 1 fully saturated rings. The van der Waals surface area contributed by atoms with Crippen molar-refractivity contribution < 1.29 is 19.3 Å². The Morgan fingerprint density at radius 1 is 1.26 bits per heavy atom. The van der Waals surface area contributed by atoms with Gasteiger partial charge in [-0.15, -0.1) is 0 Å². The minimum atomic E-state index is -0.791. The van der Waals surface area contributed by atoms with Gasteiger partial charge in [0.25, 0.3) is 0 Å². The molecule has 0 radical (unpaired) electrons. The van der Waals surface area contributed by atoms with Crippen LogP contribution in [0.1, 0.15) is 12.0 Å². The lowest BCUT2D eigenvalue weighted by atomic mass is 10.1. The lowest BCUT2D eigenvalue weighted by molar-refractivity contribution is -0.00597. The summed E-state index contributed by atoms with van der Waals surface area (Å²) in [5.74, 6) is -0.314. The Balaban J connectivity index is 1.87. The molecule has 2 rings (SSSR count). The summed E-state index contributed by atoms with van der Waals surface area (Å²) in [6, 6.07) is 6.05. The van der Waals surface area contributed by atoms with Crippen molar-refractivity contribution in [1.29, 1.82) is 0 Å². The fourth-order valence-corrected chi connectivity index (χ4v) is 2.56. The van der Waals surface area contributed by atoms with E-state index in [9.17, 15) is 14.6 Å². The van der Waals surface area contributed by atoms with Gasteiger partial charge in [0.2, 0.25) is 0 Å². The van der Waals surface area contributed by atoms with Crippen LogP contribution < -0.4 is 5.32 Å². The van der Waals surface area contributed by atoms with Crippen LogP contribution in [-0.2, 0) is 11.3 Å². The molecule has 3 N–H and O–H groups in total. The van der Waals surface area contributed by atoms with Crippen LogP contribution in [0.15, 0.2) is 24.3 Å². The van der Waals surface area contributed by atoms with E-state index in [-0.39, 0.29) is 17.8 Å². The van der Waals surface area contributed by atoms with E-state index >= 15 is 0 Å². The molecule has 0 heterocycles. The molecule has 0 aromatic heterocycles. The predicted molar refractivity (Wildman–Crippen MR) is 69.0 cm³/mol. The van der Waals surface area contributed by atoms with Gasteiger partial charge in [0.1, 0.15) is 5.82 Å². The summed E-state index contributed by atoms with van der Waals surface area (Å²) in [6.07, 6.45) is -0.886. The third-order valence-electron chi connectivity index (χ3n) is 3.66. The Bertz CT molecular complexity index is 398. The van der Waals surface area contributed by atoms with Crippen molar-refractivity contribution >= 4 is 0 Å². The molecule has 1 aliphatic rings. The summed E-state index contributed by atoms with van der Waals surface area (Å²) >= 11 is 0. The van der Waals surface area contributed by atoms with Crippen molar-refractivity contribution in [2.75, 3.05) is 13.7 Å². The number of rotatable bonds is 5. The Kier molecular flexibility index (Phi) is 4.87. The standard InChI is InChI=1S/C14H20FNO3/c1-19-8-10-6-12(14(18)13(10)17)16-7-9-2-4-11(15)5-3-9/h2-5,10,12-14,16-18H,6-8H2,1H3. The zero-order valence-corrected chi connectivity index (χ0v) is 10.9. The van der Waals surface area contributed by atoms with E-state index in [2.05, 4.69) is 5.32 Å². The monoisotopic (exact) mass is 269 g/mol. The van der Waals surface area contributed by atoms with Gasteiger partial charge in [-0.1, -0.05) is 12.1 Å². The van der Waals surface area contributed by atoms with Crippen LogP contribution in [0.4, 0.5) is 4.39 Å². The van der Waals surface area contributed by atoms with Crippen molar-refractivity contribution in [3.05, 3.63) is 35.6 Å². The zero-order chi connectivity index (χ0) is 13.8. The molecular formula is C14H20FNO3. The minimum Gasteiger partial charge on any atom is -0.390 e. The van der Waals surface area contributed by atoms with Gasteiger partial charge >= 0.3 is 0 Å². The van der Waals surface area contributed by atoms with Crippen LogP contribution in [0.25, 0.3) is 0 Å². The molecule has 0 amide bonds. The third-order valence-corrected chi connectivity index (χ3v) is 3.66. The van der Waals surface area contributed by atoms with Crippen LogP contribution in [-0.4, -0.2) is 42.2 Å². The van der Waals surface area contributed by atoms with E-state index in [1.165, 1.54) is 12.1 Å². The smallest absolute Gasteiger partial charge is 0.123 e. The first-order chi connectivity index (χ1) is 9.11. The van der Waals surface area contributed by atoms with Crippen molar-refractivity contribution in [3.8, 4) is 0 Å². The largest absolute Gasteiger partial charge is 0.390 e. The lowest BCUT2D eigenvalue weighted by Crippen LogP contribution is -2.39. The van der Waals surface area contributed by atoms with Crippen LogP contribution >= 0.6 is 0 Å². The highest BCUT2D eigenvalue weighted by atomic mass is 19.1. The van der Waals surface area contributed by atoms with E-state index in [0.29, 0.717) is 19.6 Å². The fourth-order valence-electron chi connectivity index (χ4n) is 2.56. The summed E-state index contributed by atoms with van der Waals surface area (Å²) < 4.78 is 17.8. The summed E-state index contributed by atoms with van der Waals surface area (Å²) in [4.78, 5) is 0. The second kappa shape index (κ2) is 6.43. The molecule has 106 valence electrons. The van der Waals surface area contributed by atoms with Crippen molar-refractivity contribution in [3.63, 3.8) is 0 Å². The molecule has 4 unspecified atom stereocenters. The normalized spacial score (nSPS) is 30.7. The second-order valence-corrected chi connectivity index (χ2v) is 5.05. The van der Waals surface area contributed by atoms with Crippen LogP contribution in [0, 0.1) is 11.7 Å². The summed E-state index contributed by atoms with van der Waals surface area (Å²) in [5, 5.41) is 23.0. The molecule has 0 bridgehead atoms. The Hall–Kier alpha value is -1.01. The summed E-state index contributed by atoms with van der Waals surface area (Å²) in [7, 11) is 1.58. The predicted octanol–water partition coefficient (Wildman–Crippen LogP) is 0.672. The molecule has 4 nitrogen and oxygen atoms in total. The van der Waals surface area contributed by atoms with E-state index in [4.69, 9.17) is 4.74 Å². The summed E-state index contributed by atoms with van der Waals surface area (Å²) in [6.45, 7) is 0.974. The van der Waals surface area contributed by atoms with Crippen molar-refractivity contribution in [2.45, 2.75) is 31.2 Å². The molecule has 0 spiro atoms. The van der Waals surface area contributed by atoms with Crippen LogP contribution in [0.3, 0.4) is 0 Å². The number of aliphatic hydroxyl groups is 2. The third kappa shape index (κ3) is 3.51. The molecule has 0 aliphatic heterocycles. The van der Waals surface area contributed by atoms with Gasteiger partial charge < -0.3 is 20.3 Å². The van der Waals surface area contributed by atoms with Gasteiger partial charge in [-0.3, -0.25) is 0 Å².